The van der Waals surface area contributed by atoms with Crippen molar-refractivity contribution in [3.8, 4) is 6.07 Å². The fourth-order valence-corrected chi connectivity index (χ4v) is 1.51. The van der Waals surface area contributed by atoms with Gasteiger partial charge in [0.1, 0.15) is 5.69 Å². The zero-order valence-corrected chi connectivity index (χ0v) is 10.0. The van der Waals surface area contributed by atoms with Crippen LogP contribution in [0.4, 0.5) is 5.82 Å². The molecule has 6 heteroatoms. The maximum absolute atomic E-state index is 11.9. The second-order valence-electron chi connectivity index (χ2n) is 3.82. The molecule has 0 saturated carbocycles. The highest BCUT2D eigenvalue weighted by Crippen LogP contribution is 2.08. The normalized spacial score (nSPS) is 9.83. The summed E-state index contributed by atoms with van der Waals surface area (Å²) in [6, 6.07) is 6.74. The first-order chi connectivity index (χ1) is 8.58. The van der Waals surface area contributed by atoms with Gasteiger partial charge in [-0.1, -0.05) is 0 Å². The van der Waals surface area contributed by atoms with Crippen molar-refractivity contribution in [2.45, 2.75) is 6.92 Å². The summed E-state index contributed by atoms with van der Waals surface area (Å²) in [5.74, 6) is 0.0678. The maximum Gasteiger partial charge on any atom is 0.275 e. The number of aryl methyl sites for hydroxylation is 2. The van der Waals surface area contributed by atoms with Crippen molar-refractivity contribution in [3.63, 3.8) is 0 Å². The number of nitriles is 1. The number of hydrogen-bond acceptors (Lipinski definition) is 4. The van der Waals surface area contributed by atoms with Gasteiger partial charge < -0.3 is 5.32 Å². The lowest BCUT2D eigenvalue weighted by Gasteiger charge is -2.03. The van der Waals surface area contributed by atoms with Crippen molar-refractivity contribution in [1.29, 1.82) is 5.26 Å². The van der Waals surface area contributed by atoms with E-state index in [9.17, 15) is 4.79 Å². The molecule has 0 atom stereocenters. The summed E-state index contributed by atoms with van der Waals surface area (Å²) >= 11 is 0. The van der Waals surface area contributed by atoms with Gasteiger partial charge in [0.2, 0.25) is 0 Å². The number of amides is 1. The van der Waals surface area contributed by atoms with E-state index in [-0.39, 0.29) is 11.6 Å². The van der Waals surface area contributed by atoms with Crippen LogP contribution in [0.3, 0.4) is 0 Å². The minimum atomic E-state index is -0.381. The topological polar surface area (TPSA) is 83.6 Å². The molecule has 0 bridgehead atoms. The Labute approximate surface area is 104 Å². The van der Waals surface area contributed by atoms with Gasteiger partial charge >= 0.3 is 0 Å². The van der Waals surface area contributed by atoms with Crippen LogP contribution in [0.2, 0.25) is 0 Å². The average molecular weight is 241 g/mol. The molecule has 0 unspecified atom stereocenters. The molecule has 0 radical (unpaired) electrons. The Hall–Kier alpha value is -2.68. The molecule has 0 saturated heterocycles. The Balaban J connectivity index is 2.24. The van der Waals surface area contributed by atoms with Crippen LogP contribution in [0.15, 0.2) is 24.4 Å². The molecule has 90 valence electrons. The molecule has 2 aromatic heterocycles. The van der Waals surface area contributed by atoms with Gasteiger partial charge in [0.05, 0.1) is 11.6 Å². The summed E-state index contributed by atoms with van der Waals surface area (Å²) in [5, 5.41) is 15.5. The minimum Gasteiger partial charge on any atom is -0.304 e. The standard InChI is InChI=1S/C12H11N5O/c1-8-5-9(7-13)6-10(14-8)12(18)15-11-3-4-17(2)16-11/h3-6H,1-2H3,(H,15,16,18). The van der Waals surface area contributed by atoms with E-state index in [0.29, 0.717) is 17.1 Å². The van der Waals surface area contributed by atoms with Crippen LogP contribution in [-0.2, 0) is 7.05 Å². The molecule has 2 aromatic rings. The third-order valence-electron chi connectivity index (χ3n) is 2.27. The van der Waals surface area contributed by atoms with E-state index in [0.717, 1.165) is 0 Å². The molecule has 0 aliphatic heterocycles. The highest BCUT2D eigenvalue weighted by atomic mass is 16.1. The second-order valence-corrected chi connectivity index (χ2v) is 3.82. The maximum atomic E-state index is 11.9. The number of carbonyl (C=O) groups is 1. The molecule has 0 aliphatic carbocycles. The van der Waals surface area contributed by atoms with Crippen molar-refractivity contribution in [1.82, 2.24) is 14.8 Å². The Bertz CT molecular complexity index is 638. The molecule has 0 fully saturated rings. The predicted molar refractivity (Wildman–Crippen MR) is 64.9 cm³/mol. The van der Waals surface area contributed by atoms with E-state index in [2.05, 4.69) is 15.4 Å². The van der Waals surface area contributed by atoms with Gasteiger partial charge in [-0.3, -0.25) is 9.48 Å². The van der Waals surface area contributed by atoms with Gasteiger partial charge in [0.15, 0.2) is 5.82 Å². The molecule has 0 aliphatic rings. The summed E-state index contributed by atoms with van der Waals surface area (Å²) in [5.41, 5.74) is 1.24. The minimum absolute atomic E-state index is 0.206. The number of nitrogens with one attached hydrogen (secondary N) is 1. The molecule has 0 aromatic carbocycles. The lowest BCUT2D eigenvalue weighted by molar-refractivity contribution is 0.102. The van der Waals surface area contributed by atoms with Crippen molar-refractivity contribution in [3.05, 3.63) is 41.3 Å². The number of pyridine rings is 1. The fraction of sp³-hybridized carbons (Fsp3) is 0.167. The van der Waals surface area contributed by atoms with Crippen LogP contribution in [0.25, 0.3) is 0 Å². The molecular formula is C12H11N5O. The zero-order valence-electron chi connectivity index (χ0n) is 10.0. The van der Waals surface area contributed by atoms with Crippen molar-refractivity contribution < 1.29 is 4.79 Å². The van der Waals surface area contributed by atoms with Crippen LogP contribution in [0.1, 0.15) is 21.7 Å². The van der Waals surface area contributed by atoms with Crippen LogP contribution < -0.4 is 5.32 Å². The number of anilines is 1. The number of carbonyl (C=O) groups excluding carboxylic acids is 1. The first-order valence-corrected chi connectivity index (χ1v) is 5.28. The summed E-state index contributed by atoms with van der Waals surface area (Å²) < 4.78 is 1.58. The van der Waals surface area contributed by atoms with Crippen molar-refractivity contribution >= 4 is 11.7 Å². The van der Waals surface area contributed by atoms with Crippen molar-refractivity contribution in [2.24, 2.45) is 7.05 Å². The third-order valence-corrected chi connectivity index (χ3v) is 2.27. The highest BCUT2D eigenvalue weighted by molar-refractivity contribution is 6.02. The molecule has 1 N–H and O–H groups in total. The summed E-state index contributed by atoms with van der Waals surface area (Å²) in [7, 11) is 1.76. The highest BCUT2D eigenvalue weighted by Gasteiger charge is 2.10. The predicted octanol–water partition coefficient (Wildman–Crippen LogP) is 1.25. The second kappa shape index (κ2) is 4.67. The summed E-state index contributed by atoms with van der Waals surface area (Å²) in [6.07, 6.45) is 1.72. The largest absolute Gasteiger partial charge is 0.304 e. The molecule has 6 nitrogen and oxygen atoms in total. The lowest BCUT2D eigenvalue weighted by atomic mass is 10.2. The van der Waals surface area contributed by atoms with E-state index in [1.807, 2.05) is 6.07 Å². The quantitative estimate of drug-likeness (QED) is 0.857. The third kappa shape index (κ3) is 2.52. The lowest BCUT2D eigenvalue weighted by Crippen LogP contribution is -2.15. The van der Waals surface area contributed by atoms with E-state index in [4.69, 9.17) is 5.26 Å². The summed E-state index contributed by atoms with van der Waals surface area (Å²) in [4.78, 5) is 16.0. The Morgan fingerprint density at radius 3 is 2.89 bits per heavy atom. The van der Waals surface area contributed by atoms with Gasteiger partial charge in [-0.15, -0.1) is 0 Å². The number of rotatable bonds is 2. The molecule has 0 spiro atoms. The SMILES string of the molecule is Cc1cc(C#N)cc(C(=O)Nc2ccn(C)n2)n1. The smallest absolute Gasteiger partial charge is 0.275 e. The van der Waals surface area contributed by atoms with Gasteiger partial charge in [0.25, 0.3) is 5.91 Å². The monoisotopic (exact) mass is 241 g/mol. The van der Waals surface area contributed by atoms with Gasteiger partial charge in [-0.25, -0.2) is 4.98 Å². The molecule has 1 amide bonds. The first kappa shape index (κ1) is 11.8. The van der Waals surface area contributed by atoms with E-state index < -0.39 is 0 Å². The molecule has 2 rings (SSSR count). The van der Waals surface area contributed by atoms with E-state index in [1.165, 1.54) is 6.07 Å². The van der Waals surface area contributed by atoms with Crippen LogP contribution in [0.5, 0.6) is 0 Å². The Morgan fingerprint density at radius 1 is 1.50 bits per heavy atom. The zero-order chi connectivity index (χ0) is 13.1. The number of aromatic nitrogens is 3. The Kier molecular flexibility index (Phi) is 3.06. The fourth-order valence-electron chi connectivity index (χ4n) is 1.51. The molecular weight excluding hydrogens is 230 g/mol. The average Bonchev–Trinajstić information content (AvgIpc) is 2.73. The van der Waals surface area contributed by atoms with Gasteiger partial charge in [-0.2, -0.15) is 10.4 Å². The van der Waals surface area contributed by atoms with Gasteiger partial charge in [-0.05, 0) is 19.1 Å². The van der Waals surface area contributed by atoms with Crippen LogP contribution in [-0.4, -0.2) is 20.7 Å². The molecule has 18 heavy (non-hydrogen) atoms. The van der Waals surface area contributed by atoms with Crippen LogP contribution >= 0.6 is 0 Å². The number of hydrogen-bond donors (Lipinski definition) is 1. The van der Waals surface area contributed by atoms with Gasteiger partial charge in [0, 0.05) is 25.0 Å². The Morgan fingerprint density at radius 2 is 2.28 bits per heavy atom. The van der Waals surface area contributed by atoms with E-state index in [1.54, 1.807) is 37.0 Å². The molecule has 2 heterocycles. The first-order valence-electron chi connectivity index (χ1n) is 5.28. The van der Waals surface area contributed by atoms with Crippen LogP contribution in [0, 0.1) is 18.3 Å². The number of nitrogens with zero attached hydrogens (tertiary/aromatic N) is 4. The van der Waals surface area contributed by atoms with E-state index >= 15 is 0 Å². The summed E-state index contributed by atoms with van der Waals surface area (Å²) in [6.45, 7) is 1.73. The van der Waals surface area contributed by atoms with Crippen molar-refractivity contribution in [2.75, 3.05) is 5.32 Å².